The Labute approximate surface area is 185 Å². The fourth-order valence-electron chi connectivity index (χ4n) is 2.80. The van der Waals surface area contributed by atoms with E-state index in [2.05, 4.69) is 36.6 Å². The molecule has 0 saturated heterocycles. The minimum absolute atomic E-state index is 0.0131. The summed E-state index contributed by atoms with van der Waals surface area (Å²) in [4.78, 5) is 29.2. The Balaban J connectivity index is 1.90. The van der Waals surface area contributed by atoms with Crippen LogP contribution in [0.15, 0.2) is 41.1 Å². The second-order valence-corrected chi connectivity index (χ2v) is 7.78. The number of carbonyl (C=O) groups is 2. The van der Waals surface area contributed by atoms with Crippen LogP contribution in [0.2, 0.25) is 10.0 Å². The number of nitrogens with one attached hydrogen (secondary N) is 2. The van der Waals surface area contributed by atoms with Gasteiger partial charge in [0.1, 0.15) is 4.60 Å². The predicted molar refractivity (Wildman–Crippen MR) is 116 cm³/mol. The number of benzene rings is 1. The van der Waals surface area contributed by atoms with Gasteiger partial charge in [-0.3, -0.25) is 9.59 Å². The lowest BCUT2D eigenvalue weighted by molar-refractivity contribution is -0.115. The first-order valence-electron chi connectivity index (χ1n) is 8.47. The molecule has 2 amide bonds. The predicted octanol–water partition coefficient (Wildman–Crippen LogP) is 4.19. The summed E-state index contributed by atoms with van der Waals surface area (Å²) in [5.41, 5.74) is 1.93. The molecule has 0 bridgehead atoms. The van der Waals surface area contributed by atoms with Crippen molar-refractivity contribution in [2.45, 2.75) is 13.3 Å². The van der Waals surface area contributed by atoms with Crippen LogP contribution in [0.1, 0.15) is 21.6 Å². The summed E-state index contributed by atoms with van der Waals surface area (Å²) in [5.74, 6) is -0.267. The molecular formula is C19H16BrCl2N5O2. The van der Waals surface area contributed by atoms with Crippen LogP contribution < -0.4 is 10.6 Å². The van der Waals surface area contributed by atoms with E-state index in [9.17, 15) is 9.59 Å². The zero-order valence-corrected chi connectivity index (χ0v) is 18.6. The van der Waals surface area contributed by atoms with Gasteiger partial charge in [-0.1, -0.05) is 23.2 Å². The number of aryl methyl sites for hydroxylation is 1. The van der Waals surface area contributed by atoms with Gasteiger partial charge in [0.2, 0.25) is 5.91 Å². The van der Waals surface area contributed by atoms with E-state index in [4.69, 9.17) is 23.2 Å². The second kappa shape index (κ2) is 8.94. The summed E-state index contributed by atoms with van der Waals surface area (Å²) in [5, 5.41) is 10.5. The summed E-state index contributed by atoms with van der Waals surface area (Å²) >= 11 is 15.6. The summed E-state index contributed by atoms with van der Waals surface area (Å²) in [6.07, 6.45) is 1.58. The molecule has 0 aliphatic heterocycles. The number of nitrogens with zero attached hydrogens (tertiary/aromatic N) is 3. The molecule has 1 aromatic carbocycles. The normalized spacial score (nSPS) is 10.7. The second-order valence-electron chi connectivity index (χ2n) is 6.13. The van der Waals surface area contributed by atoms with Gasteiger partial charge in [-0.05, 0) is 58.7 Å². The maximum Gasteiger partial charge on any atom is 0.253 e. The topological polar surface area (TPSA) is 88.9 Å². The van der Waals surface area contributed by atoms with Crippen molar-refractivity contribution in [3.8, 4) is 5.82 Å². The summed E-state index contributed by atoms with van der Waals surface area (Å²) < 4.78 is 2.04. The number of pyridine rings is 1. The van der Waals surface area contributed by atoms with E-state index in [-0.39, 0.29) is 23.8 Å². The number of anilines is 1. The molecule has 2 aromatic heterocycles. The standard InChI is InChI=1S/C19H16BrCl2N5O2/c1-10-6-11(21)7-13(19(29)23-2)17(10)25-16(28)9-12-8-15(20)26-27(12)18-14(22)4-3-5-24-18/h3-8H,9H2,1-2H3,(H,23,29)(H,25,28). The number of amides is 2. The lowest BCUT2D eigenvalue weighted by atomic mass is 10.1. The summed E-state index contributed by atoms with van der Waals surface area (Å²) in [6, 6.07) is 8.30. The number of carbonyl (C=O) groups excluding carboxylic acids is 2. The van der Waals surface area contributed by atoms with Crippen LogP contribution in [-0.4, -0.2) is 33.6 Å². The van der Waals surface area contributed by atoms with E-state index >= 15 is 0 Å². The third-order valence-electron chi connectivity index (χ3n) is 4.07. The molecule has 3 rings (SSSR count). The first-order valence-corrected chi connectivity index (χ1v) is 10.0. The van der Waals surface area contributed by atoms with Crippen molar-refractivity contribution in [1.29, 1.82) is 0 Å². The summed E-state index contributed by atoms with van der Waals surface area (Å²) in [7, 11) is 1.51. The quantitative estimate of drug-likeness (QED) is 0.554. The molecule has 0 fully saturated rings. The largest absolute Gasteiger partial charge is 0.355 e. The molecule has 7 nitrogen and oxygen atoms in total. The number of hydrogen-bond acceptors (Lipinski definition) is 4. The third kappa shape index (κ3) is 4.77. The van der Waals surface area contributed by atoms with Crippen molar-refractivity contribution in [3.05, 3.63) is 68.0 Å². The van der Waals surface area contributed by atoms with Gasteiger partial charge >= 0.3 is 0 Å². The number of halogens is 3. The molecule has 0 atom stereocenters. The first kappa shape index (κ1) is 21.3. The summed E-state index contributed by atoms with van der Waals surface area (Å²) in [6.45, 7) is 1.77. The molecule has 0 saturated carbocycles. The fourth-order valence-corrected chi connectivity index (χ4v) is 3.70. The van der Waals surface area contributed by atoms with Gasteiger partial charge in [-0.15, -0.1) is 0 Å². The number of rotatable bonds is 5. The Bertz CT molecular complexity index is 1100. The lowest BCUT2D eigenvalue weighted by Crippen LogP contribution is -2.23. The van der Waals surface area contributed by atoms with Crippen LogP contribution >= 0.6 is 39.1 Å². The minimum Gasteiger partial charge on any atom is -0.355 e. The lowest BCUT2D eigenvalue weighted by Gasteiger charge is -2.14. The highest BCUT2D eigenvalue weighted by molar-refractivity contribution is 9.10. The molecule has 0 aliphatic carbocycles. The Morgan fingerprint density at radius 2 is 2.00 bits per heavy atom. The van der Waals surface area contributed by atoms with Gasteiger partial charge in [0, 0.05) is 18.3 Å². The highest BCUT2D eigenvalue weighted by atomic mass is 79.9. The van der Waals surface area contributed by atoms with E-state index in [0.717, 1.165) is 0 Å². The minimum atomic E-state index is -0.348. The molecule has 0 spiro atoms. The van der Waals surface area contributed by atoms with Crippen LogP contribution in [0, 0.1) is 6.92 Å². The monoisotopic (exact) mass is 495 g/mol. The molecule has 3 aromatic rings. The average Bonchev–Trinajstić information content (AvgIpc) is 3.03. The molecule has 2 heterocycles. The smallest absolute Gasteiger partial charge is 0.253 e. The van der Waals surface area contributed by atoms with Crippen molar-refractivity contribution >= 4 is 56.6 Å². The SMILES string of the molecule is CNC(=O)c1cc(Cl)cc(C)c1NC(=O)Cc1cc(Br)nn1-c1ncccc1Cl. The zero-order chi connectivity index (χ0) is 21.1. The van der Waals surface area contributed by atoms with E-state index in [1.807, 2.05) is 0 Å². The van der Waals surface area contributed by atoms with E-state index < -0.39 is 0 Å². The fraction of sp³-hybridized carbons (Fsp3) is 0.158. The van der Waals surface area contributed by atoms with Gasteiger partial charge in [0.15, 0.2) is 5.82 Å². The maximum atomic E-state index is 12.8. The van der Waals surface area contributed by atoms with Gasteiger partial charge in [0.05, 0.1) is 28.4 Å². The number of hydrogen-bond donors (Lipinski definition) is 2. The van der Waals surface area contributed by atoms with Crippen LogP contribution in [0.4, 0.5) is 5.69 Å². The average molecular weight is 497 g/mol. The van der Waals surface area contributed by atoms with Crippen molar-refractivity contribution in [1.82, 2.24) is 20.1 Å². The van der Waals surface area contributed by atoms with Crippen LogP contribution in [-0.2, 0) is 11.2 Å². The molecular weight excluding hydrogens is 481 g/mol. The molecule has 10 heteroatoms. The first-order chi connectivity index (χ1) is 13.8. The molecule has 29 heavy (non-hydrogen) atoms. The Hall–Kier alpha value is -2.42. The third-order valence-corrected chi connectivity index (χ3v) is 4.97. The van der Waals surface area contributed by atoms with E-state index in [1.54, 1.807) is 37.4 Å². The van der Waals surface area contributed by atoms with Crippen molar-refractivity contribution in [2.24, 2.45) is 0 Å². The molecule has 0 unspecified atom stereocenters. The van der Waals surface area contributed by atoms with E-state index in [1.165, 1.54) is 17.8 Å². The maximum absolute atomic E-state index is 12.8. The van der Waals surface area contributed by atoms with Gasteiger partial charge in [-0.2, -0.15) is 5.10 Å². The van der Waals surface area contributed by atoms with Gasteiger partial charge < -0.3 is 10.6 Å². The number of aromatic nitrogens is 3. The zero-order valence-electron chi connectivity index (χ0n) is 15.5. The van der Waals surface area contributed by atoms with Crippen LogP contribution in [0.3, 0.4) is 0 Å². The Morgan fingerprint density at radius 3 is 2.69 bits per heavy atom. The Kier molecular flexibility index (Phi) is 6.56. The molecule has 0 aliphatic rings. The highest BCUT2D eigenvalue weighted by Gasteiger charge is 2.19. The molecule has 2 N–H and O–H groups in total. The van der Waals surface area contributed by atoms with Gasteiger partial charge in [0.25, 0.3) is 5.91 Å². The van der Waals surface area contributed by atoms with Crippen molar-refractivity contribution in [3.63, 3.8) is 0 Å². The Morgan fingerprint density at radius 1 is 1.24 bits per heavy atom. The molecule has 150 valence electrons. The molecule has 0 radical (unpaired) electrons. The van der Waals surface area contributed by atoms with Crippen molar-refractivity contribution < 1.29 is 9.59 Å². The van der Waals surface area contributed by atoms with Crippen molar-refractivity contribution in [2.75, 3.05) is 12.4 Å². The van der Waals surface area contributed by atoms with E-state index in [0.29, 0.717) is 37.4 Å². The van der Waals surface area contributed by atoms with Gasteiger partial charge in [-0.25, -0.2) is 9.67 Å². The van der Waals surface area contributed by atoms with Crippen LogP contribution in [0.5, 0.6) is 0 Å². The van der Waals surface area contributed by atoms with Crippen LogP contribution in [0.25, 0.3) is 5.82 Å². The highest BCUT2D eigenvalue weighted by Crippen LogP contribution is 2.26.